The van der Waals surface area contributed by atoms with E-state index >= 15 is 0 Å². The van der Waals surface area contributed by atoms with Crippen LogP contribution in [-0.4, -0.2) is 57.4 Å². The van der Waals surface area contributed by atoms with Crippen LogP contribution in [-0.2, 0) is 16.0 Å². The van der Waals surface area contributed by atoms with Crippen molar-refractivity contribution in [1.82, 2.24) is 25.1 Å². The second-order valence-electron chi connectivity index (χ2n) is 7.95. The van der Waals surface area contributed by atoms with Gasteiger partial charge >= 0.3 is 6.01 Å². The van der Waals surface area contributed by atoms with Crippen molar-refractivity contribution in [3.8, 4) is 23.1 Å². The minimum Gasteiger partial charge on any atom is -0.424 e. The van der Waals surface area contributed by atoms with Crippen molar-refractivity contribution in [2.45, 2.75) is 12.8 Å². The van der Waals surface area contributed by atoms with Gasteiger partial charge in [-0.2, -0.15) is 20.1 Å². The predicted octanol–water partition coefficient (Wildman–Crippen LogP) is 2.93. The first-order valence-electron chi connectivity index (χ1n) is 10.8. The van der Waals surface area contributed by atoms with Crippen molar-refractivity contribution in [3.05, 3.63) is 48.2 Å². The zero-order valence-electron chi connectivity index (χ0n) is 17.7. The maximum Gasteiger partial charge on any atom is 0.327 e. The molecule has 10 nitrogen and oxygen atoms in total. The number of aryl methyl sites for hydroxylation is 1. The summed E-state index contributed by atoms with van der Waals surface area (Å²) in [6.07, 6.45) is 2.89. The summed E-state index contributed by atoms with van der Waals surface area (Å²) in [5.74, 6) is 1.70. The Bertz CT molecular complexity index is 1350. The molecule has 166 valence electrons. The molecule has 2 aliphatic rings. The van der Waals surface area contributed by atoms with E-state index in [0.29, 0.717) is 56.7 Å². The standard InChI is InChI=1S/C23H21N7O3/c31-20-7-4-14-12-15(5-6-18(14)25-20)33-23-27-21(16-2-1-3-19-17(16)13-24-29-19)26-22(28-23)30-8-10-32-11-9-30/h1-3,5-6,12-13H,4,7-11H2,(H,24,29)(H,25,31). The van der Waals surface area contributed by atoms with Gasteiger partial charge in [-0.05, 0) is 36.2 Å². The van der Waals surface area contributed by atoms with Crippen LogP contribution in [0, 0.1) is 0 Å². The Kier molecular flexibility index (Phi) is 4.84. The highest BCUT2D eigenvalue weighted by atomic mass is 16.5. The molecule has 0 spiro atoms. The first kappa shape index (κ1) is 19.6. The second kappa shape index (κ2) is 8.14. The van der Waals surface area contributed by atoms with Crippen LogP contribution < -0.4 is 15.0 Å². The second-order valence-corrected chi connectivity index (χ2v) is 7.95. The first-order valence-corrected chi connectivity index (χ1v) is 10.8. The molecule has 4 aromatic rings. The lowest BCUT2D eigenvalue weighted by Gasteiger charge is -2.27. The van der Waals surface area contributed by atoms with Crippen molar-refractivity contribution in [1.29, 1.82) is 0 Å². The number of aromatic amines is 1. The molecule has 1 amide bonds. The van der Waals surface area contributed by atoms with Gasteiger partial charge in [0.1, 0.15) is 5.75 Å². The van der Waals surface area contributed by atoms with Crippen molar-refractivity contribution >= 4 is 28.4 Å². The third-order valence-electron chi connectivity index (χ3n) is 5.80. The molecule has 2 aromatic heterocycles. The van der Waals surface area contributed by atoms with Gasteiger partial charge < -0.3 is 19.7 Å². The summed E-state index contributed by atoms with van der Waals surface area (Å²) >= 11 is 0. The number of H-pyrrole nitrogens is 1. The SMILES string of the molecule is O=C1CCc2cc(Oc3nc(-c4cccc5[nH]ncc45)nc(N4CCOCC4)n3)ccc2N1. The van der Waals surface area contributed by atoms with Gasteiger partial charge in [-0.1, -0.05) is 12.1 Å². The van der Waals surface area contributed by atoms with Crippen molar-refractivity contribution in [2.75, 3.05) is 36.5 Å². The molecule has 0 radical (unpaired) electrons. The van der Waals surface area contributed by atoms with Gasteiger partial charge in [-0.25, -0.2) is 0 Å². The van der Waals surface area contributed by atoms with Gasteiger partial charge in [0.2, 0.25) is 11.9 Å². The predicted molar refractivity (Wildman–Crippen MR) is 121 cm³/mol. The van der Waals surface area contributed by atoms with Crippen LogP contribution in [0.4, 0.5) is 11.6 Å². The van der Waals surface area contributed by atoms with Crippen LogP contribution in [0.15, 0.2) is 42.6 Å². The lowest BCUT2D eigenvalue weighted by Crippen LogP contribution is -2.37. The number of carbonyl (C=O) groups excluding carboxylic acids is 1. The molecule has 0 unspecified atom stereocenters. The summed E-state index contributed by atoms with van der Waals surface area (Å²) in [5, 5.41) is 10.9. The van der Waals surface area contributed by atoms with E-state index in [1.54, 1.807) is 12.3 Å². The molecule has 0 atom stereocenters. The third-order valence-corrected chi connectivity index (χ3v) is 5.80. The number of carbonyl (C=O) groups is 1. The minimum atomic E-state index is 0.0295. The molecule has 6 rings (SSSR count). The fourth-order valence-corrected chi connectivity index (χ4v) is 4.11. The Labute approximate surface area is 189 Å². The Morgan fingerprint density at radius 2 is 1.94 bits per heavy atom. The number of nitrogens with one attached hydrogen (secondary N) is 2. The van der Waals surface area contributed by atoms with Crippen LogP contribution in [0.1, 0.15) is 12.0 Å². The number of anilines is 2. The fraction of sp³-hybridized carbons (Fsp3) is 0.261. The van der Waals surface area contributed by atoms with Gasteiger partial charge in [-0.3, -0.25) is 9.89 Å². The number of rotatable bonds is 4. The number of hydrogen-bond acceptors (Lipinski definition) is 8. The van der Waals surface area contributed by atoms with Crippen LogP contribution in [0.2, 0.25) is 0 Å². The summed E-state index contributed by atoms with van der Waals surface area (Å²) in [4.78, 5) is 27.7. The maximum atomic E-state index is 11.6. The van der Waals surface area contributed by atoms with Crippen molar-refractivity contribution in [3.63, 3.8) is 0 Å². The van der Waals surface area contributed by atoms with E-state index < -0.39 is 0 Å². The van der Waals surface area contributed by atoms with E-state index in [1.807, 2.05) is 30.3 Å². The quantitative estimate of drug-likeness (QED) is 0.494. The van der Waals surface area contributed by atoms with Gasteiger partial charge in [-0.15, -0.1) is 0 Å². The number of benzene rings is 2. The molecule has 10 heteroatoms. The van der Waals surface area contributed by atoms with E-state index in [1.165, 1.54) is 0 Å². The number of ether oxygens (including phenoxy) is 2. The number of fused-ring (bicyclic) bond motifs is 2. The third kappa shape index (κ3) is 3.85. The topological polar surface area (TPSA) is 118 Å². The van der Waals surface area contributed by atoms with Gasteiger partial charge in [0.15, 0.2) is 5.82 Å². The Balaban J connectivity index is 1.40. The minimum absolute atomic E-state index is 0.0295. The Hall–Kier alpha value is -4.05. The highest BCUT2D eigenvalue weighted by Gasteiger charge is 2.20. The number of aromatic nitrogens is 5. The zero-order chi connectivity index (χ0) is 22.2. The van der Waals surface area contributed by atoms with Crippen LogP contribution in [0.5, 0.6) is 11.8 Å². The molecule has 2 N–H and O–H groups in total. The molecule has 0 saturated carbocycles. The first-order chi connectivity index (χ1) is 16.2. The van der Waals surface area contributed by atoms with E-state index in [2.05, 4.69) is 30.4 Å². The molecule has 0 aliphatic carbocycles. The highest BCUT2D eigenvalue weighted by Crippen LogP contribution is 2.31. The average Bonchev–Trinajstić information content (AvgIpc) is 3.34. The van der Waals surface area contributed by atoms with E-state index in [-0.39, 0.29) is 11.9 Å². The summed E-state index contributed by atoms with van der Waals surface area (Å²) < 4.78 is 11.6. The number of nitrogens with zero attached hydrogens (tertiary/aromatic N) is 5. The number of hydrogen-bond donors (Lipinski definition) is 2. The monoisotopic (exact) mass is 443 g/mol. The van der Waals surface area contributed by atoms with Crippen molar-refractivity contribution < 1.29 is 14.3 Å². The van der Waals surface area contributed by atoms with Gasteiger partial charge in [0.25, 0.3) is 0 Å². The molecule has 1 saturated heterocycles. The average molecular weight is 443 g/mol. The molecular formula is C23H21N7O3. The molecule has 1 fully saturated rings. The molecular weight excluding hydrogens is 422 g/mol. The lowest BCUT2D eigenvalue weighted by molar-refractivity contribution is -0.116. The molecule has 4 heterocycles. The Morgan fingerprint density at radius 3 is 2.85 bits per heavy atom. The Morgan fingerprint density at radius 1 is 1.03 bits per heavy atom. The van der Waals surface area contributed by atoms with E-state index in [0.717, 1.165) is 27.7 Å². The number of amides is 1. The smallest absolute Gasteiger partial charge is 0.327 e. The largest absolute Gasteiger partial charge is 0.424 e. The van der Waals surface area contributed by atoms with Gasteiger partial charge in [0.05, 0.1) is 24.9 Å². The van der Waals surface area contributed by atoms with Gasteiger partial charge in [0, 0.05) is 36.1 Å². The van der Waals surface area contributed by atoms with Crippen LogP contribution in [0.3, 0.4) is 0 Å². The molecule has 2 aromatic carbocycles. The molecule has 0 bridgehead atoms. The highest BCUT2D eigenvalue weighted by molar-refractivity contribution is 5.94. The number of morpholine rings is 1. The summed E-state index contributed by atoms with van der Waals surface area (Å²) in [6.45, 7) is 2.62. The van der Waals surface area contributed by atoms with E-state index in [9.17, 15) is 4.79 Å². The summed E-state index contributed by atoms with van der Waals surface area (Å²) in [6, 6.07) is 11.6. The fourth-order valence-electron chi connectivity index (χ4n) is 4.11. The summed E-state index contributed by atoms with van der Waals surface area (Å²) in [7, 11) is 0. The summed E-state index contributed by atoms with van der Waals surface area (Å²) in [5.41, 5.74) is 3.59. The van der Waals surface area contributed by atoms with Crippen molar-refractivity contribution in [2.24, 2.45) is 0 Å². The molecule has 33 heavy (non-hydrogen) atoms. The van der Waals surface area contributed by atoms with Crippen LogP contribution in [0.25, 0.3) is 22.3 Å². The molecule has 2 aliphatic heterocycles. The maximum absolute atomic E-state index is 11.6. The normalized spacial score (nSPS) is 15.9. The zero-order valence-corrected chi connectivity index (χ0v) is 17.7. The lowest BCUT2D eigenvalue weighted by atomic mass is 10.0. The van der Waals surface area contributed by atoms with E-state index in [4.69, 9.17) is 14.5 Å². The van der Waals surface area contributed by atoms with Crippen LogP contribution >= 0.6 is 0 Å².